The van der Waals surface area contributed by atoms with Gasteiger partial charge in [-0.2, -0.15) is 0 Å². The lowest BCUT2D eigenvalue weighted by Crippen LogP contribution is -2.33. The van der Waals surface area contributed by atoms with E-state index in [0.29, 0.717) is 31.6 Å². The van der Waals surface area contributed by atoms with Crippen molar-refractivity contribution in [3.63, 3.8) is 0 Å². The predicted molar refractivity (Wildman–Crippen MR) is 107 cm³/mol. The Hall–Kier alpha value is -1.50. The fourth-order valence-electron chi connectivity index (χ4n) is 3.71. The van der Waals surface area contributed by atoms with Crippen LogP contribution in [0.4, 0.5) is 4.39 Å². The molecule has 5 nitrogen and oxygen atoms in total. The molecule has 0 bridgehead atoms. The summed E-state index contributed by atoms with van der Waals surface area (Å²) in [4.78, 5) is 14.0. The first-order valence-electron chi connectivity index (χ1n) is 10.4. The molecule has 0 aromatic heterocycles. The van der Waals surface area contributed by atoms with Gasteiger partial charge in [-0.05, 0) is 75.4 Å². The third-order valence-corrected chi connectivity index (χ3v) is 5.20. The third-order valence-electron chi connectivity index (χ3n) is 5.20. The Kier molecular flexibility index (Phi) is 9.35. The molecule has 0 saturated carbocycles. The highest BCUT2D eigenvalue weighted by Gasteiger charge is 2.21. The van der Waals surface area contributed by atoms with E-state index in [-0.39, 0.29) is 30.9 Å². The summed E-state index contributed by atoms with van der Waals surface area (Å²) in [5, 5.41) is 10.3. The molecular formula is C22H34FNO4. The molecule has 2 atom stereocenters. The molecule has 6 heteroatoms. The zero-order valence-corrected chi connectivity index (χ0v) is 17.4. The van der Waals surface area contributed by atoms with Gasteiger partial charge < -0.3 is 19.5 Å². The molecule has 0 spiro atoms. The number of hydrogen-bond donors (Lipinski definition) is 1. The van der Waals surface area contributed by atoms with Crippen LogP contribution in [0.5, 0.6) is 0 Å². The summed E-state index contributed by atoms with van der Waals surface area (Å²) in [5.74, 6) is -0.542. The molecule has 0 radical (unpaired) electrons. The zero-order valence-electron chi connectivity index (χ0n) is 17.4. The summed E-state index contributed by atoms with van der Waals surface area (Å²) in [6.07, 6.45) is 2.86. The Morgan fingerprint density at radius 1 is 1.29 bits per heavy atom. The normalized spacial score (nSPS) is 16.9. The van der Waals surface area contributed by atoms with Crippen LogP contribution in [0, 0.1) is 12.7 Å². The van der Waals surface area contributed by atoms with Gasteiger partial charge >= 0.3 is 5.97 Å². The summed E-state index contributed by atoms with van der Waals surface area (Å²) < 4.78 is 25.2. The van der Waals surface area contributed by atoms with Crippen molar-refractivity contribution in [3.8, 4) is 0 Å². The van der Waals surface area contributed by atoms with Crippen LogP contribution in [0.25, 0.3) is 0 Å². The average Bonchev–Trinajstić information content (AvgIpc) is 3.16. The molecular weight excluding hydrogens is 361 g/mol. The van der Waals surface area contributed by atoms with Gasteiger partial charge in [0.05, 0.1) is 25.4 Å². The standard InChI is InChI=1S/C22H34FNO4/c1-4-21(28-15-18(25)14-24-10-6-7-11-24)19-13-20(23)16(3)12-17(19)8-9-22(26)27-5-2/h12-13,18,21,25H,4-11,14-15H2,1-3H3/t18-,21-/m1/s1. The number of esters is 1. The van der Waals surface area contributed by atoms with Crippen molar-refractivity contribution in [2.75, 3.05) is 32.8 Å². The second-order valence-electron chi connectivity index (χ2n) is 7.50. The van der Waals surface area contributed by atoms with Crippen molar-refractivity contribution < 1.29 is 23.8 Å². The van der Waals surface area contributed by atoms with Gasteiger partial charge in [-0.3, -0.25) is 4.79 Å². The van der Waals surface area contributed by atoms with Crippen LogP contribution in [-0.4, -0.2) is 54.9 Å². The highest BCUT2D eigenvalue weighted by Crippen LogP contribution is 2.28. The molecule has 1 heterocycles. The van der Waals surface area contributed by atoms with Crippen LogP contribution >= 0.6 is 0 Å². The van der Waals surface area contributed by atoms with Gasteiger partial charge in [0.25, 0.3) is 0 Å². The summed E-state index contributed by atoms with van der Waals surface area (Å²) in [6.45, 7) is 8.68. The second-order valence-corrected chi connectivity index (χ2v) is 7.50. The highest BCUT2D eigenvalue weighted by molar-refractivity contribution is 5.69. The van der Waals surface area contributed by atoms with Crippen molar-refractivity contribution >= 4 is 5.97 Å². The number of carbonyl (C=O) groups excluding carboxylic acids is 1. The first-order chi connectivity index (χ1) is 13.4. The largest absolute Gasteiger partial charge is 0.466 e. The maximum absolute atomic E-state index is 14.2. The second kappa shape index (κ2) is 11.5. The van der Waals surface area contributed by atoms with Crippen LogP contribution in [0.15, 0.2) is 12.1 Å². The lowest BCUT2D eigenvalue weighted by Gasteiger charge is -2.24. The van der Waals surface area contributed by atoms with Crippen molar-refractivity contribution in [1.82, 2.24) is 4.90 Å². The van der Waals surface area contributed by atoms with Crippen molar-refractivity contribution in [3.05, 3.63) is 34.6 Å². The Morgan fingerprint density at radius 2 is 2.00 bits per heavy atom. The minimum Gasteiger partial charge on any atom is -0.466 e. The van der Waals surface area contributed by atoms with Gasteiger partial charge in [-0.1, -0.05) is 13.0 Å². The van der Waals surface area contributed by atoms with Crippen LogP contribution in [0.2, 0.25) is 0 Å². The SMILES string of the molecule is CCOC(=O)CCc1cc(C)c(F)cc1[C@@H](CC)OC[C@H](O)CN1CCCC1. The molecule has 28 heavy (non-hydrogen) atoms. The maximum atomic E-state index is 14.2. The van der Waals surface area contributed by atoms with Crippen molar-refractivity contribution in [2.24, 2.45) is 0 Å². The minimum atomic E-state index is -0.564. The number of likely N-dealkylation sites (tertiary alicyclic amines) is 1. The molecule has 1 aliphatic heterocycles. The number of nitrogens with zero attached hydrogens (tertiary/aromatic N) is 1. The summed E-state index contributed by atoms with van der Waals surface area (Å²) in [7, 11) is 0. The Balaban J connectivity index is 2.03. The van der Waals surface area contributed by atoms with Crippen molar-refractivity contribution in [2.45, 2.75) is 65.1 Å². The molecule has 1 saturated heterocycles. The number of hydrogen-bond acceptors (Lipinski definition) is 5. The van der Waals surface area contributed by atoms with E-state index in [9.17, 15) is 14.3 Å². The quantitative estimate of drug-likeness (QED) is 0.581. The number of β-amino-alcohol motifs (C(OH)–C–C–N with tert-alkyl or cyclic N) is 1. The monoisotopic (exact) mass is 395 g/mol. The first kappa shape index (κ1) is 22.8. The number of rotatable bonds is 11. The van der Waals surface area contributed by atoms with E-state index >= 15 is 0 Å². The van der Waals surface area contributed by atoms with Crippen LogP contribution < -0.4 is 0 Å². The van der Waals surface area contributed by atoms with Crippen LogP contribution in [0.1, 0.15) is 62.3 Å². The number of carbonyl (C=O) groups is 1. The average molecular weight is 396 g/mol. The van der Waals surface area contributed by atoms with E-state index < -0.39 is 6.10 Å². The smallest absolute Gasteiger partial charge is 0.306 e. The summed E-state index contributed by atoms with van der Waals surface area (Å²) in [6, 6.07) is 3.30. The zero-order chi connectivity index (χ0) is 20.5. The van der Waals surface area contributed by atoms with Crippen LogP contribution in [-0.2, 0) is 20.7 Å². The van der Waals surface area contributed by atoms with Gasteiger partial charge in [-0.25, -0.2) is 4.39 Å². The first-order valence-corrected chi connectivity index (χ1v) is 10.4. The fourth-order valence-corrected chi connectivity index (χ4v) is 3.71. The maximum Gasteiger partial charge on any atom is 0.306 e. The van der Waals surface area contributed by atoms with Crippen molar-refractivity contribution in [1.29, 1.82) is 0 Å². The molecule has 1 fully saturated rings. The number of halogens is 1. The molecule has 0 aliphatic carbocycles. The summed E-state index contributed by atoms with van der Waals surface area (Å²) >= 11 is 0. The predicted octanol–water partition coefficient (Wildman–Crippen LogP) is 3.55. The van der Waals surface area contributed by atoms with Gasteiger partial charge in [0.15, 0.2) is 0 Å². The van der Waals surface area contributed by atoms with E-state index in [1.165, 1.54) is 18.9 Å². The van der Waals surface area contributed by atoms with Gasteiger partial charge in [0, 0.05) is 13.0 Å². The van der Waals surface area contributed by atoms with E-state index in [1.807, 2.05) is 6.92 Å². The van der Waals surface area contributed by atoms with Gasteiger partial charge in [-0.15, -0.1) is 0 Å². The molecule has 1 N–H and O–H groups in total. The molecule has 158 valence electrons. The third kappa shape index (κ3) is 6.83. The molecule has 1 aromatic rings. The molecule has 0 unspecified atom stereocenters. The summed E-state index contributed by atoms with van der Waals surface area (Å²) in [5.41, 5.74) is 2.20. The number of aliphatic hydroxyl groups is 1. The number of benzene rings is 1. The Bertz CT molecular complexity index is 631. The minimum absolute atomic E-state index is 0.210. The number of aliphatic hydroxyl groups excluding tert-OH is 1. The van der Waals surface area contributed by atoms with E-state index in [1.54, 1.807) is 19.9 Å². The van der Waals surface area contributed by atoms with E-state index in [2.05, 4.69) is 4.90 Å². The van der Waals surface area contributed by atoms with Crippen LogP contribution in [0.3, 0.4) is 0 Å². The van der Waals surface area contributed by atoms with Gasteiger partial charge in [0.1, 0.15) is 5.82 Å². The molecule has 2 rings (SSSR count). The van der Waals surface area contributed by atoms with E-state index in [0.717, 1.165) is 24.2 Å². The fraction of sp³-hybridized carbons (Fsp3) is 0.682. The number of aryl methyl sites for hydroxylation is 2. The Morgan fingerprint density at radius 3 is 2.64 bits per heavy atom. The molecule has 1 aliphatic rings. The van der Waals surface area contributed by atoms with Gasteiger partial charge in [0.2, 0.25) is 0 Å². The topological polar surface area (TPSA) is 59.0 Å². The lowest BCUT2D eigenvalue weighted by molar-refractivity contribution is -0.143. The molecule has 1 aromatic carbocycles. The Labute approximate surface area is 167 Å². The van der Waals surface area contributed by atoms with E-state index in [4.69, 9.17) is 9.47 Å². The highest BCUT2D eigenvalue weighted by atomic mass is 19.1. The molecule has 0 amide bonds. The lowest BCUT2D eigenvalue weighted by atomic mass is 9.95. The number of ether oxygens (including phenoxy) is 2.